The SMILES string of the molecule is CC1(Nc2nc(Nc3cnn(CC(F)F)c(=O)c3)ncc2C(F)(F)F)CC1. The molecule has 2 aromatic heterocycles. The summed E-state index contributed by atoms with van der Waals surface area (Å²) in [5, 5.41) is 8.89. The molecule has 0 radical (unpaired) electrons. The van der Waals surface area contributed by atoms with Gasteiger partial charge >= 0.3 is 6.18 Å². The fourth-order valence-corrected chi connectivity index (χ4v) is 2.24. The molecule has 2 N–H and O–H groups in total. The van der Waals surface area contributed by atoms with Crippen molar-refractivity contribution in [2.75, 3.05) is 10.6 Å². The van der Waals surface area contributed by atoms with Crippen LogP contribution < -0.4 is 16.2 Å². The van der Waals surface area contributed by atoms with E-state index in [1.807, 2.05) is 0 Å². The third-order valence-corrected chi connectivity index (χ3v) is 3.95. The van der Waals surface area contributed by atoms with E-state index in [1.165, 1.54) is 0 Å². The lowest BCUT2D eigenvalue weighted by atomic mass is 10.2. The summed E-state index contributed by atoms with van der Waals surface area (Å²) in [6.07, 6.45) is -4.24. The molecule has 2 heterocycles. The predicted octanol–water partition coefficient (Wildman–Crippen LogP) is 3.03. The molecule has 146 valence electrons. The van der Waals surface area contributed by atoms with E-state index in [0.29, 0.717) is 23.7 Å². The molecular formula is C15H15F5N6O. The number of hydrogen-bond donors (Lipinski definition) is 2. The van der Waals surface area contributed by atoms with Gasteiger partial charge in [0.25, 0.3) is 12.0 Å². The van der Waals surface area contributed by atoms with Gasteiger partial charge in [0.2, 0.25) is 5.95 Å². The number of halogens is 5. The summed E-state index contributed by atoms with van der Waals surface area (Å²) < 4.78 is 64.7. The minimum Gasteiger partial charge on any atom is -0.364 e. The van der Waals surface area contributed by atoms with Crippen molar-refractivity contribution in [3.63, 3.8) is 0 Å². The topological polar surface area (TPSA) is 84.7 Å². The molecule has 0 saturated heterocycles. The number of alkyl halides is 5. The van der Waals surface area contributed by atoms with Gasteiger partial charge in [-0.3, -0.25) is 4.79 Å². The smallest absolute Gasteiger partial charge is 0.364 e. The Labute approximate surface area is 149 Å². The van der Waals surface area contributed by atoms with Crippen molar-refractivity contribution in [3.05, 3.63) is 34.4 Å². The van der Waals surface area contributed by atoms with Crippen LogP contribution >= 0.6 is 0 Å². The van der Waals surface area contributed by atoms with Crippen LogP contribution in [0.1, 0.15) is 25.3 Å². The van der Waals surface area contributed by atoms with E-state index in [-0.39, 0.29) is 17.5 Å². The highest BCUT2D eigenvalue weighted by Gasteiger charge is 2.41. The number of rotatable bonds is 6. The molecule has 27 heavy (non-hydrogen) atoms. The highest BCUT2D eigenvalue weighted by atomic mass is 19.4. The Hall–Kier alpha value is -2.79. The van der Waals surface area contributed by atoms with Crippen LogP contribution in [-0.4, -0.2) is 31.7 Å². The number of hydrogen-bond acceptors (Lipinski definition) is 6. The zero-order chi connectivity index (χ0) is 19.8. The molecule has 1 aliphatic rings. The Morgan fingerprint density at radius 2 is 2.00 bits per heavy atom. The monoisotopic (exact) mass is 390 g/mol. The van der Waals surface area contributed by atoms with Gasteiger partial charge in [-0.05, 0) is 19.8 Å². The van der Waals surface area contributed by atoms with Gasteiger partial charge in [0, 0.05) is 17.8 Å². The van der Waals surface area contributed by atoms with Crippen molar-refractivity contribution in [2.45, 2.75) is 44.5 Å². The van der Waals surface area contributed by atoms with E-state index in [1.54, 1.807) is 6.92 Å². The summed E-state index contributed by atoms with van der Waals surface area (Å²) in [5.74, 6) is -0.568. The third-order valence-electron chi connectivity index (χ3n) is 3.95. The van der Waals surface area contributed by atoms with Gasteiger partial charge < -0.3 is 10.6 Å². The van der Waals surface area contributed by atoms with Crippen molar-refractivity contribution in [3.8, 4) is 0 Å². The maximum absolute atomic E-state index is 13.1. The van der Waals surface area contributed by atoms with Crippen LogP contribution in [0.2, 0.25) is 0 Å². The normalized spacial score (nSPS) is 15.7. The molecule has 0 atom stereocenters. The van der Waals surface area contributed by atoms with E-state index in [2.05, 4.69) is 25.7 Å². The molecule has 7 nitrogen and oxygen atoms in total. The summed E-state index contributed by atoms with van der Waals surface area (Å²) in [7, 11) is 0. The van der Waals surface area contributed by atoms with Crippen LogP contribution in [0.25, 0.3) is 0 Å². The average molecular weight is 390 g/mol. The van der Waals surface area contributed by atoms with Crippen molar-refractivity contribution < 1.29 is 22.0 Å². The fraction of sp³-hybridized carbons (Fsp3) is 0.467. The molecule has 12 heteroatoms. The molecule has 0 unspecified atom stereocenters. The molecule has 3 rings (SSSR count). The molecule has 0 amide bonds. The highest BCUT2D eigenvalue weighted by Crippen LogP contribution is 2.41. The Bertz CT molecular complexity index is 893. The van der Waals surface area contributed by atoms with Gasteiger partial charge in [-0.25, -0.2) is 18.4 Å². The molecule has 0 bridgehead atoms. The minimum absolute atomic E-state index is 0.0638. The second kappa shape index (κ2) is 6.74. The molecule has 0 aliphatic heterocycles. The van der Waals surface area contributed by atoms with Gasteiger partial charge in [0.1, 0.15) is 17.9 Å². The van der Waals surface area contributed by atoms with Crippen LogP contribution in [0.4, 0.5) is 39.4 Å². The van der Waals surface area contributed by atoms with Crippen LogP contribution in [0.3, 0.4) is 0 Å². The standard InChI is InChI=1S/C15H15F5N6O/c1-14(2-3-14)25-12-9(15(18,19)20)6-21-13(24-12)23-8-4-11(27)26(22-5-8)7-10(16)17/h4-6,10H,2-3,7H2,1H3,(H2,21,23,24,25). The van der Waals surface area contributed by atoms with E-state index >= 15 is 0 Å². The number of anilines is 3. The van der Waals surface area contributed by atoms with Crippen molar-refractivity contribution in [1.29, 1.82) is 0 Å². The van der Waals surface area contributed by atoms with Gasteiger partial charge in [-0.2, -0.15) is 23.3 Å². The van der Waals surface area contributed by atoms with Crippen molar-refractivity contribution >= 4 is 17.5 Å². The van der Waals surface area contributed by atoms with Crippen LogP contribution in [0.5, 0.6) is 0 Å². The Kier molecular flexibility index (Phi) is 4.74. The number of nitrogens with zero attached hydrogens (tertiary/aromatic N) is 4. The van der Waals surface area contributed by atoms with Gasteiger partial charge in [0.05, 0.1) is 11.9 Å². The predicted molar refractivity (Wildman–Crippen MR) is 86.1 cm³/mol. The summed E-state index contributed by atoms with van der Waals surface area (Å²) in [6.45, 7) is 0.914. The number of aromatic nitrogens is 4. The first-order chi connectivity index (χ1) is 12.6. The summed E-state index contributed by atoms with van der Waals surface area (Å²) in [4.78, 5) is 19.2. The zero-order valence-electron chi connectivity index (χ0n) is 14.0. The molecule has 1 saturated carbocycles. The lowest BCUT2D eigenvalue weighted by molar-refractivity contribution is -0.137. The van der Waals surface area contributed by atoms with Crippen LogP contribution in [-0.2, 0) is 12.7 Å². The van der Waals surface area contributed by atoms with Crippen LogP contribution in [0, 0.1) is 0 Å². The van der Waals surface area contributed by atoms with Gasteiger partial charge in [0.15, 0.2) is 0 Å². The maximum Gasteiger partial charge on any atom is 0.421 e. The zero-order valence-corrected chi connectivity index (χ0v) is 14.0. The summed E-state index contributed by atoms with van der Waals surface area (Å²) in [5.41, 5.74) is -2.19. The highest BCUT2D eigenvalue weighted by molar-refractivity contribution is 5.56. The van der Waals surface area contributed by atoms with Gasteiger partial charge in [-0.1, -0.05) is 0 Å². The van der Waals surface area contributed by atoms with E-state index in [9.17, 15) is 26.7 Å². The van der Waals surface area contributed by atoms with Gasteiger partial charge in [-0.15, -0.1) is 0 Å². The largest absolute Gasteiger partial charge is 0.421 e. The average Bonchev–Trinajstić information content (AvgIpc) is 3.25. The lowest BCUT2D eigenvalue weighted by Gasteiger charge is -2.18. The third kappa shape index (κ3) is 4.68. The second-order valence-corrected chi connectivity index (χ2v) is 6.42. The summed E-state index contributed by atoms with van der Waals surface area (Å²) in [6, 6.07) is 0.978. The van der Waals surface area contributed by atoms with Crippen molar-refractivity contribution in [1.82, 2.24) is 19.7 Å². The van der Waals surface area contributed by atoms with Crippen molar-refractivity contribution in [2.24, 2.45) is 0 Å². The summed E-state index contributed by atoms with van der Waals surface area (Å²) >= 11 is 0. The molecule has 1 fully saturated rings. The Morgan fingerprint density at radius 3 is 2.56 bits per heavy atom. The molecule has 1 aliphatic carbocycles. The fourth-order valence-electron chi connectivity index (χ4n) is 2.24. The van der Waals surface area contributed by atoms with E-state index in [0.717, 1.165) is 12.3 Å². The first-order valence-electron chi connectivity index (χ1n) is 7.90. The molecular weight excluding hydrogens is 375 g/mol. The molecule has 0 aromatic carbocycles. The Balaban J connectivity index is 1.86. The molecule has 2 aromatic rings. The quantitative estimate of drug-likeness (QED) is 0.738. The maximum atomic E-state index is 13.1. The second-order valence-electron chi connectivity index (χ2n) is 6.42. The first kappa shape index (κ1) is 19.0. The Morgan fingerprint density at radius 1 is 1.30 bits per heavy atom. The minimum atomic E-state index is -4.64. The van der Waals surface area contributed by atoms with E-state index in [4.69, 9.17) is 0 Å². The lowest BCUT2D eigenvalue weighted by Crippen LogP contribution is -2.25. The first-order valence-corrected chi connectivity index (χ1v) is 7.90. The van der Waals surface area contributed by atoms with Crippen LogP contribution in [0.15, 0.2) is 23.3 Å². The molecule has 0 spiro atoms. The number of nitrogens with one attached hydrogen (secondary N) is 2. The van der Waals surface area contributed by atoms with E-state index < -0.39 is 35.8 Å².